The molecule has 0 amide bonds. The fourth-order valence-electron chi connectivity index (χ4n) is 1.85. The van der Waals surface area contributed by atoms with Crippen LogP contribution in [0.5, 0.6) is 5.75 Å². The van der Waals surface area contributed by atoms with Crippen LogP contribution in [0.25, 0.3) is 0 Å². The minimum absolute atomic E-state index is 0.0340. The number of hydrogen-bond donors (Lipinski definition) is 3. The smallest absolute Gasteiger partial charge is 0.119 e. The molecule has 3 N–H and O–H groups in total. The van der Waals surface area contributed by atoms with Crippen molar-refractivity contribution in [2.24, 2.45) is 5.41 Å². The molecule has 1 atom stereocenters. The highest BCUT2D eigenvalue weighted by Gasteiger charge is 2.17. The molecule has 0 saturated carbocycles. The summed E-state index contributed by atoms with van der Waals surface area (Å²) in [6.07, 6.45) is 0.205. The zero-order valence-corrected chi connectivity index (χ0v) is 12.7. The largest absolute Gasteiger partial charge is 0.491 e. The van der Waals surface area contributed by atoms with Crippen LogP contribution >= 0.6 is 0 Å². The summed E-state index contributed by atoms with van der Waals surface area (Å²) in [5.74, 6) is 0.773. The van der Waals surface area contributed by atoms with Crippen LogP contribution in [0.1, 0.15) is 25.8 Å². The summed E-state index contributed by atoms with van der Waals surface area (Å²) in [5.41, 5.74) is 1.22. The Balaban J connectivity index is 2.20. The van der Waals surface area contributed by atoms with Gasteiger partial charge in [-0.05, 0) is 30.9 Å². The van der Waals surface area contributed by atoms with Crippen molar-refractivity contribution in [2.75, 3.05) is 26.3 Å². The molecule has 0 aliphatic heterocycles. The van der Waals surface area contributed by atoms with Crippen LogP contribution in [0.3, 0.4) is 0 Å². The molecule has 0 bridgehead atoms. The van der Waals surface area contributed by atoms with Crippen molar-refractivity contribution in [3.63, 3.8) is 0 Å². The predicted molar refractivity (Wildman–Crippen MR) is 81.0 cm³/mol. The Morgan fingerprint density at radius 2 is 1.90 bits per heavy atom. The van der Waals surface area contributed by atoms with E-state index in [1.165, 1.54) is 5.56 Å². The number of benzene rings is 1. The summed E-state index contributed by atoms with van der Waals surface area (Å²) in [6.45, 7) is 7.91. The molecule has 0 spiro atoms. The number of nitrogens with one attached hydrogen (secondary N) is 1. The van der Waals surface area contributed by atoms with E-state index >= 15 is 0 Å². The van der Waals surface area contributed by atoms with Gasteiger partial charge < -0.3 is 20.3 Å². The summed E-state index contributed by atoms with van der Waals surface area (Å²) in [7, 11) is 0. The Bertz CT molecular complexity index is 376. The van der Waals surface area contributed by atoms with Gasteiger partial charge in [-0.2, -0.15) is 0 Å². The van der Waals surface area contributed by atoms with Crippen molar-refractivity contribution in [1.29, 1.82) is 0 Å². The molecule has 0 aliphatic carbocycles. The molecule has 0 aliphatic rings. The number of rotatable bonds is 9. The van der Waals surface area contributed by atoms with E-state index in [4.69, 9.17) is 9.84 Å². The molecule has 114 valence electrons. The van der Waals surface area contributed by atoms with Crippen LogP contribution in [0, 0.1) is 12.3 Å². The minimum atomic E-state index is -0.541. The van der Waals surface area contributed by atoms with Gasteiger partial charge in [0.15, 0.2) is 0 Å². The molecule has 1 rings (SSSR count). The normalized spacial score (nSPS) is 13.2. The average Bonchev–Trinajstić information content (AvgIpc) is 2.37. The van der Waals surface area contributed by atoms with Gasteiger partial charge in [-0.15, -0.1) is 0 Å². The summed E-state index contributed by atoms with van der Waals surface area (Å²) in [6, 6.07) is 7.77. The van der Waals surface area contributed by atoms with Gasteiger partial charge in [0.1, 0.15) is 18.5 Å². The molecule has 4 heteroatoms. The quantitative estimate of drug-likeness (QED) is 0.645. The second-order valence-corrected chi connectivity index (χ2v) is 6.05. The standard InChI is InChI=1S/C16H27NO3/c1-13-4-6-15(7-5-13)20-11-14(19)10-17-12-16(2,3)8-9-18/h4-7,14,17-19H,8-12H2,1-3H3. The first-order valence-electron chi connectivity index (χ1n) is 7.12. The van der Waals surface area contributed by atoms with Gasteiger partial charge >= 0.3 is 0 Å². The Morgan fingerprint density at radius 1 is 1.25 bits per heavy atom. The third kappa shape index (κ3) is 6.89. The maximum Gasteiger partial charge on any atom is 0.119 e. The van der Waals surface area contributed by atoms with E-state index < -0.39 is 6.10 Å². The summed E-state index contributed by atoms with van der Waals surface area (Å²) in [5, 5.41) is 22.0. The van der Waals surface area contributed by atoms with Gasteiger partial charge in [-0.25, -0.2) is 0 Å². The SMILES string of the molecule is Cc1ccc(OCC(O)CNCC(C)(C)CCO)cc1. The first kappa shape index (κ1) is 17.0. The van der Waals surface area contributed by atoms with E-state index in [0.29, 0.717) is 6.54 Å². The Labute approximate surface area is 121 Å². The molecule has 0 fully saturated rings. The van der Waals surface area contributed by atoms with Crippen LogP contribution in [0.15, 0.2) is 24.3 Å². The molecule has 4 nitrogen and oxygen atoms in total. The number of ether oxygens (including phenoxy) is 1. The lowest BCUT2D eigenvalue weighted by Gasteiger charge is -2.24. The van der Waals surface area contributed by atoms with Crippen LogP contribution < -0.4 is 10.1 Å². The Kier molecular flexibility index (Phi) is 6.99. The number of aliphatic hydroxyl groups is 2. The average molecular weight is 281 g/mol. The number of aliphatic hydroxyl groups excluding tert-OH is 2. The molecular weight excluding hydrogens is 254 g/mol. The summed E-state index contributed by atoms with van der Waals surface area (Å²) in [4.78, 5) is 0. The summed E-state index contributed by atoms with van der Waals surface area (Å²) >= 11 is 0. The first-order valence-corrected chi connectivity index (χ1v) is 7.12. The topological polar surface area (TPSA) is 61.7 Å². The fourth-order valence-corrected chi connectivity index (χ4v) is 1.85. The third-order valence-electron chi connectivity index (χ3n) is 3.24. The minimum Gasteiger partial charge on any atom is -0.491 e. The van der Waals surface area contributed by atoms with Gasteiger partial charge in [-0.3, -0.25) is 0 Å². The molecule has 1 aromatic carbocycles. The maximum atomic E-state index is 9.85. The molecule has 0 radical (unpaired) electrons. The highest BCUT2D eigenvalue weighted by atomic mass is 16.5. The second kappa shape index (κ2) is 8.25. The van der Waals surface area contributed by atoms with Crippen molar-refractivity contribution < 1.29 is 14.9 Å². The van der Waals surface area contributed by atoms with Gasteiger partial charge in [0, 0.05) is 19.7 Å². The summed E-state index contributed by atoms with van der Waals surface area (Å²) < 4.78 is 5.52. The van der Waals surface area contributed by atoms with Crippen molar-refractivity contribution in [3.8, 4) is 5.75 Å². The van der Waals surface area contributed by atoms with Crippen LogP contribution in [0.4, 0.5) is 0 Å². The molecule has 20 heavy (non-hydrogen) atoms. The van der Waals surface area contributed by atoms with Crippen LogP contribution in [-0.4, -0.2) is 42.6 Å². The number of hydrogen-bond acceptors (Lipinski definition) is 4. The van der Waals surface area contributed by atoms with Crippen molar-refractivity contribution in [1.82, 2.24) is 5.32 Å². The van der Waals surface area contributed by atoms with E-state index in [9.17, 15) is 5.11 Å². The van der Waals surface area contributed by atoms with Gasteiger partial charge in [0.2, 0.25) is 0 Å². The molecule has 0 saturated heterocycles. The van der Waals surface area contributed by atoms with Gasteiger partial charge in [-0.1, -0.05) is 31.5 Å². The maximum absolute atomic E-state index is 9.85. The zero-order chi connectivity index (χ0) is 15.0. The molecule has 0 aromatic heterocycles. The van der Waals surface area contributed by atoms with Gasteiger partial charge in [0.25, 0.3) is 0 Å². The van der Waals surface area contributed by atoms with E-state index in [2.05, 4.69) is 19.2 Å². The van der Waals surface area contributed by atoms with E-state index in [1.807, 2.05) is 31.2 Å². The van der Waals surface area contributed by atoms with Crippen LogP contribution in [-0.2, 0) is 0 Å². The van der Waals surface area contributed by atoms with Crippen molar-refractivity contribution in [3.05, 3.63) is 29.8 Å². The lowest BCUT2D eigenvalue weighted by Crippen LogP contribution is -2.37. The Hall–Kier alpha value is -1.10. The van der Waals surface area contributed by atoms with E-state index in [-0.39, 0.29) is 18.6 Å². The number of aryl methyl sites for hydroxylation is 1. The molecule has 0 heterocycles. The molecule has 1 unspecified atom stereocenters. The second-order valence-electron chi connectivity index (χ2n) is 6.05. The van der Waals surface area contributed by atoms with Crippen LogP contribution in [0.2, 0.25) is 0 Å². The van der Waals surface area contributed by atoms with Crippen molar-refractivity contribution in [2.45, 2.75) is 33.3 Å². The fraction of sp³-hybridized carbons (Fsp3) is 0.625. The highest BCUT2D eigenvalue weighted by molar-refractivity contribution is 5.26. The zero-order valence-electron chi connectivity index (χ0n) is 12.7. The predicted octanol–water partition coefficient (Wildman–Crippen LogP) is 1.73. The third-order valence-corrected chi connectivity index (χ3v) is 3.24. The van der Waals surface area contributed by atoms with E-state index in [0.717, 1.165) is 18.7 Å². The lowest BCUT2D eigenvalue weighted by atomic mass is 9.90. The first-order chi connectivity index (χ1) is 9.43. The van der Waals surface area contributed by atoms with Crippen molar-refractivity contribution >= 4 is 0 Å². The lowest BCUT2D eigenvalue weighted by molar-refractivity contribution is 0.102. The van der Waals surface area contributed by atoms with E-state index in [1.54, 1.807) is 0 Å². The highest BCUT2D eigenvalue weighted by Crippen LogP contribution is 2.17. The monoisotopic (exact) mass is 281 g/mol. The molecular formula is C16H27NO3. The van der Waals surface area contributed by atoms with Gasteiger partial charge in [0.05, 0.1) is 0 Å². The Morgan fingerprint density at radius 3 is 2.50 bits per heavy atom. The molecule has 1 aromatic rings.